The van der Waals surface area contributed by atoms with Crippen LogP contribution in [0.4, 0.5) is 0 Å². The molecule has 0 rings (SSSR count). The maximum atomic E-state index is 11.9. The Bertz CT molecular complexity index is 856. The summed E-state index contributed by atoms with van der Waals surface area (Å²) in [6, 6.07) is -1.77. The van der Waals surface area contributed by atoms with Crippen molar-refractivity contribution in [3.05, 3.63) is 0 Å². The van der Waals surface area contributed by atoms with Crippen molar-refractivity contribution in [3.63, 3.8) is 0 Å². The number of hydrogen-bond donors (Lipinski definition) is 4. The molecule has 0 spiro atoms. The smallest absolute Gasteiger partial charge is 0.548 e. The zero-order valence-electron chi connectivity index (χ0n) is 38.8. The molecule has 0 bridgehead atoms. The number of carboxylic acid groups (broad SMARTS) is 2. The fourth-order valence-electron chi connectivity index (χ4n) is 7.33. The largest absolute Gasteiger partial charge is 2.00 e. The molecule has 0 aromatic heterocycles. The molecule has 0 fully saturated rings. The van der Waals surface area contributed by atoms with Gasteiger partial charge in [-0.25, -0.2) is 0 Å². The van der Waals surface area contributed by atoms with Crippen LogP contribution in [0, 0.1) is 0 Å². The summed E-state index contributed by atoms with van der Waals surface area (Å²) in [4.78, 5) is 46.0. The van der Waals surface area contributed by atoms with E-state index in [1.165, 1.54) is 154 Å². The minimum Gasteiger partial charge on any atom is -0.548 e. The number of nitrogens with one attached hydrogen (secondary N) is 2. The standard InChI is InChI=1S/2C24H48N2O3.Mg/c2*1-2-3-4-5-6-7-8-9-10-11-12-13-14-15-16-20-23(27)26-22(24(28)29)19-17-18-21-25;/h2*22H,2-21,25H2,1H3,(H,26,27)(H,28,29);/q;;+2/p-2/t2*22-;/m00./s1. The van der Waals surface area contributed by atoms with E-state index in [1.54, 1.807) is 0 Å². The molecule has 2 amide bonds. The first-order valence-electron chi connectivity index (χ1n) is 24.6. The van der Waals surface area contributed by atoms with E-state index in [2.05, 4.69) is 24.5 Å². The summed E-state index contributed by atoms with van der Waals surface area (Å²) in [5.74, 6) is -2.76. The van der Waals surface area contributed by atoms with Crippen molar-refractivity contribution in [2.45, 2.75) is 270 Å². The van der Waals surface area contributed by atoms with Gasteiger partial charge in [0.05, 0.1) is 24.0 Å². The van der Waals surface area contributed by atoms with Crippen molar-refractivity contribution >= 4 is 46.8 Å². The summed E-state index contributed by atoms with van der Waals surface area (Å²) >= 11 is 0. The average Bonchev–Trinajstić information content (AvgIpc) is 3.20. The number of amides is 2. The van der Waals surface area contributed by atoms with Crippen LogP contribution in [-0.2, 0) is 19.2 Å². The van der Waals surface area contributed by atoms with Crippen molar-refractivity contribution in [1.29, 1.82) is 0 Å². The minimum absolute atomic E-state index is 0. The van der Waals surface area contributed by atoms with Gasteiger partial charge in [0.1, 0.15) is 0 Å². The van der Waals surface area contributed by atoms with Crippen LogP contribution in [0.25, 0.3) is 0 Å². The van der Waals surface area contributed by atoms with Gasteiger partial charge in [0.25, 0.3) is 0 Å². The topological polar surface area (TPSA) is 190 Å². The quantitative estimate of drug-likeness (QED) is 0.0345. The zero-order chi connectivity index (χ0) is 43.2. The number of carboxylic acids is 2. The predicted molar refractivity (Wildman–Crippen MR) is 245 cm³/mol. The summed E-state index contributed by atoms with van der Waals surface area (Å²) in [6.07, 6.45) is 43.1. The third-order valence-electron chi connectivity index (χ3n) is 11.1. The molecule has 0 radical (unpaired) electrons. The average molecular weight is 848 g/mol. The fourth-order valence-corrected chi connectivity index (χ4v) is 7.33. The predicted octanol–water partition coefficient (Wildman–Crippen LogP) is 8.84. The van der Waals surface area contributed by atoms with Gasteiger partial charge in [0.15, 0.2) is 0 Å². The van der Waals surface area contributed by atoms with Crippen molar-refractivity contribution in [2.24, 2.45) is 11.5 Å². The molecule has 59 heavy (non-hydrogen) atoms. The number of hydrogen-bond acceptors (Lipinski definition) is 8. The Balaban J connectivity index is -0.00000105. The van der Waals surface area contributed by atoms with Crippen molar-refractivity contribution in [1.82, 2.24) is 10.6 Å². The van der Waals surface area contributed by atoms with E-state index in [0.29, 0.717) is 51.6 Å². The summed E-state index contributed by atoms with van der Waals surface area (Å²) in [6.45, 7) is 5.59. The molecule has 0 aliphatic carbocycles. The van der Waals surface area contributed by atoms with Crippen molar-refractivity contribution < 1.29 is 29.4 Å². The number of carbonyl (C=O) groups excluding carboxylic acids is 4. The van der Waals surface area contributed by atoms with Crippen molar-refractivity contribution in [3.8, 4) is 0 Å². The van der Waals surface area contributed by atoms with E-state index in [4.69, 9.17) is 11.5 Å². The third-order valence-corrected chi connectivity index (χ3v) is 11.1. The van der Waals surface area contributed by atoms with E-state index in [-0.39, 0.29) is 34.9 Å². The summed E-state index contributed by atoms with van der Waals surface area (Å²) in [5, 5.41) is 27.3. The van der Waals surface area contributed by atoms with Gasteiger partial charge in [0.2, 0.25) is 11.8 Å². The Labute approximate surface area is 379 Å². The number of unbranched alkanes of at least 4 members (excludes halogenated alkanes) is 30. The zero-order valence-corrected chi connectivity index (χ0v) is 40.2. The van der Waals surface area contributed by atoms with Crippen LogP contribution in [0.2, 0.25) is 0 Å². The Morgan fingerprint density at radius 1 is 0.373 bits per heavy atom. The molecule has 0 saturated carbocycles. The van der Waals surface area contributed by atoms with Crippen LogP contribution in [0.1, 0.15) is 258 Å². The third kappa shape index (κ3) is 49.1. The van der Waals surface area contributed by atoms with Gasteiger partial charge in [0, 0.05) is 12.8 Å². The Morgan fingerprint density at radius 2 is 0.593 bits per heavy atom. The van der Waals surface area contributed by atoms with E-state index in [0.717, 1.165) is 51.4 Å². The van der Waals surface area contributed by atoms with E-state index in [1.807, 2.05) is 0 Å². The Hall–Kier alpha value is -1.43. The van der Waals surface area contributed by atoms with Crippen LogP contribution < -0.4 is 32.3 Å². The molecule has 344 valence electrons. The van der Waals surface area contributed by atoms with Gasteiger partial charge in [-0.2, -0.15) is 0 Å². The number of nitrogens with two attached hydrogens (primary N) is 2. The normalized spacial score (nSPS) is 11.9. The fraction of sp³-hybridized carbons (Fsp3) is 0.917. The molecule has 11 heteroatoms. The van der Waals surface area contributed by atoms with Crippen LogP contribution in [0.15, 0.2) is 0 Å². The van der Waals surface area contributed by atoms with Gasteiger partial charge < -0.3 is 41.9 Å². The van der Waals surface area contributed by atoms with Crippen LogP contribution in [0.3, 0.4) is 0 Å². The molecule has 10 nitrogen and oxygen atoms in total. The van der Waals surface area contributed by atoms with Crippen LogP contribution in [-0.4, -0.2) is 72.0 Å². The molecular formula is C48H94MgN4O6. The first-order chi connectivity index (χ1) is 28.2. The molecule has 0 aromatic carbocycles. The molecular weight excluding hydrogens is 753 g/mol. The summed E-state index contributed by atoms with van der Waals surface area (Å²) < 4.78 is 0. The van der Waals surface area contributed by atoms with Gasteiger partial charge in [-0.1, -0.05) is 194 Å². The molecule has 0 aliphatic heterocycles. The number of rotatable bonds is 44. The number of carbonyl (C=O) groups is 4. The van der Waals surface area contributed by atoms with Gasteiger partial charge in [-0.05, 0) is 64.5 Å². The van der Waals surface area contributed by atoms with E-state index in [9.17, 15) is 29.4 Å². The molecule has 0 aliphatic rings. The number of aliphatic carboxylic acids is 2. The maximum Gasteiger partial charge on any atom is 2.00 e. The first-order valence-corrected chi connectivity index (χ1v) is 24.6. The molecule has 0 aromatic rings. The van der Waals surface area contributed by atoms with Crippen LogP contribution >= 0.6 is 0 Å². The molecule has 6 N–H and O–H groups in total. The van der Waals surface area contributed by atoms with Gasteiger partial charge in [-0.3, -0.25) is 9.59 Å². The summed E-state index contributed by atoms with van der Waals surface area (Å²) in [5.41, 5.74) is 10.8. The monoisotopic (exact) mass is 847 g/mol. The Morgan fingerprint density at radius 3 is 0.797 bits per heavy atom. The van der Waals surface area contributed by atoms with Crippen LogP contribution in [0.5, 0.6) is 0 Å². The summed E-state index contributed by atoms with van der Waals surface area (Å²) in [7, 11) is 0. The SMILES string of the molecule is CCCCCCCCCCCCCCCCCC(=O)N[C@@H](CCCCN)C(=O)[O-].CCCCCCCCCCCCCCCCCC(=O)N[C@@H](CCCCN)C(=O)[O-].[Mg+2]. The molecule has 2 atom stereocenters. The second kappa shape index (κ2) is 50.9. The second-order valence-electron chi connectivity index (χ2n) is 16.8. The molecule has 0 unspecified atom stereocenters. The van der Waals surface area contributed by atoms with Gasteiger partial charge >= 0.3 is 23.1 Å². The maximum absolute atomic E-state index is 11.9. The minimum atomic E-state index is -1.20. The molecule has 0 saturated heterocycles. The second-order valence-corrected chi connectivity index (χ2v) is 16.8. The van der Waals surface area contributed by atoms with Gasteiger partial charge in [-0.15, -0.1) is 0 Å². The van der Waals surface area contributed by atoms with Crippen molar-refractivity contribution in [2.75, 3.05) is 13.1 Å². The van der Waals surface area contributed by atoms with E-state index < -0.39 is 24.0 Å². The molecule has 0 heterocycles. The van der Waals surface area contributed by atoms with E-state index >= 15 is 0 Å². The first kappa shape index (κ1) is 61.9. The Kier molecular flexibility index (Phi) is 53.4.